The van der Waals surface area contributed by atoms with Gasteiger partial charge >= 0.3 is 6.09 Å². The van der Waals surface area contributed by atoms with E-state index in [1.165, 1.54) is 0 Å². The first-order chi connectivity index (χ1) is 12.8. The lowest BCUT2D eigenvalue weighted by Crippen LogP contribution is -2.47. The van der Waals surface area contributed by atoms with Crippen molar-refractivity contribution in [3.05, 3.63) is 65.7 Å². The summed E-state index contributed by atoms with van der Waals surface area (Å²) in [4.78, 5) is 24.9. The van der Waals surface area contributed by atoms with Crippen LogP contribution >= 0.6 is 0 Å². The molecule has 1 atom stereocenters. The van der Waals surface area contributed by atoms with Crippen LogP contribution in [0.5, 0.6) is 0 Å². The van der Waals surface area contributed by atoms with Crippen molar-refractivity contribution in [1.82, 2.24) is 5.32 Å². The number of hydrogen-bond donors (Lipinski definition) is 2. The smallest absolute Gasteiger partial charge is 0.408 e. The number of carbonyl (C=O) groups excluding carboxylic acids is 2. The minimum absolute atomic E-state index is 0.322. The first-order valence-electron chi connectivity index (χ1n) is 8.61. The highest BCUT2D eigenvalue weighted by Crippen LogP contribution is 2.12. The van der Waals surface area contributed by atoms with Crippen LogP contribution in [0.25, 0.3) is 0 Å². The fraction of sp³-hybridized carbons (Fsp3) is 0.286. The summed E-state index contributed by atoms with van der Waals surface area (Å²) in [7, 11) is 0. The molecule has 0 aliphatic heterocycles. The number of carbonyl (C=O) groups is 2. The van der Waals surface area contributed by atoms with Crippen molar-refractivity contribution >= 4 is 17.7 Å². The standard InChI is InChI=1S/C21H23N3O3/c1-21(2,3)27-20(26)24-18(13-15-7-5-4-6-8-15)19(25)23-17-11-9-16(14-22)10-12-17/h4-12,18H,13H2,1-3H3,(H,23,25)(H,24,26)/t18-/m0/s1. The lowest BCUT2D eigenvalue weighted by Gasteiger charge is -2.23. The predicted molar refractivity (Wildman–Crippen MR) is 103 cm³/mol. The zero-order chi connectivity index (χ0) is 19.9. The van der Waals surface area contributed by atoms with Gasteiger partial charge in [-0.1, -0.05) is 30.3 Å². The Morgan fingerprint density at radius 3 is 2.26 bits per heavy atom. The highest BCUT2D eigenvalue weighted by atomic mass is 16.6. The Labute approximate surface area is 159 Å². The van der Waals surface area contributed by atoms with Crippen molar-refractivity contribution in [3.63, 3.8) is 0 Å². The maximum absolute atomic E-state index is 12.7. The van der Waals surface area contributed by atoms with Gasteiger partial charge in [0.2, 0.25) is 5.91 Å². The van der Waals surface area contributed by atoms with Crippen molar-refractivity contribution < 1.29 is 14.3 Å². The van der Waals surface area contributed by atoms with Crippen LogP contribution in [0.3, 0.4) is 0 Å². The minimum atomic E-state index is -0.808. The van der Waals surface area contributed by atoms with Crippen molar-refractivity contribution in [1.29, 1.82) is 5.26 Å². The maximum Gasteiger partial charge on any atom is 0.408 e. The van der Waals surface area contributed by atoms with Crippen LogP contribution in [0.4, 0.5) is 10.5 Å². The molecule has 0 saturated carbocycles. The van der Waals surface area contributed by atoms with Crippen LogP contribution in [0.15, 0.2) is 54.6 Å². The van der Waals surface area contributed by atoms with E-state index in [9.17, 15) is 9.59 Å². The highest BCUT2D eigenvalue weighted by molar-refractivity contribution is 5.96. The van der Waals surface area contributed by atoms with Crippen LogP contribution < -0.4 is 10.6 Å². The second kappa shape index (κ2) is 8.86. The summed E-state index contributed by atoms with van der Waals surface area (Å²) in [5, 5.41) is 14.3. The highest BCUT2D eigenvalue weighted by Gasteiger charge is 2.24. The number of hydrogen-bond acceptors (Lipinski definition) is 4. The molecule has 2 aromatic carbocycles. The second-order valence-electron chi connectivity index (χ2n) is 7.07. The predicted octanol–water partition coefficient (Wildman–Crippen LogP) is 3.63. The molecule has 140 valence electrons. The molecule has 0 bridgehead atoms. The van der Waals surface area contributed by atoms with E-state index in [2.05, 4.69) is 10.6 Å². The normalized spacial score (nSPS) is 11.8. The van der Waals surface area contributed by atoms with Gasteiger partial charge in [-0.2, -0.15) is 5.26 Å². The van der Waals surface area contributed by atoms with Crippen LogP contribution in [0.1, 0.15) is 31.9 Å². The molecule has 0 saturated heterocycles. The fourth-order valence-corrected chi connectivity index (χ4v) is 2.37. The third-order valence-corrected chi connectivity index (χ3v) is 3.57. The van der Waals surface area contributed by atoms with E-state index < -0.39 is 17.7 Å². The number of nitrogens with zero attached hydrogens (tertiary/aromatic N) is 1. The third-order valence-electron chi connectivity index (χ3n) is 3.57. The largest absolute Gasteiger partial charge is 0.444 e. The van der Waals surface area contributed by atoms with Crippen LogP contribution in [-0.2, 0) is 16.0 Å². The average Bonchev–Trinajstić information content (AvgIpc) is 2.61. The van der Waals surface area contributed by atoms with Gasteiger partial charge < -0.3 is 15.4 Å². The van der Waals surface area contributed by atoms with Gasteiger partial charge in [-0.25, -0.2) is 4.79 Å². The topological polar surface area (TPSA) is 91.2 Å². The van der Waals surface area contributed by atoms with E-state index >= 15 is 0 Å². The molecule has 27 heavy (non-hydrogen) atoms. The van der Waals surface area contributed by atoms with Gasteiger partial charge in [-0.05, 0) is 50.6 Å². The Morgan fingerprint density at radius 1 is 1.07 bits per heavy atom. The molecule has 0 aliphatic carbocycles. The van der Waals surface area contributed by atoms with E-state index in [1.54, 1.807) is 45.0 Å². The summed E-state index contributed by atoms with van der Waals surface area (Å²) < 4.78 is 5.27. The zero-order valence-electron chi connectivity index (χ0n) is 15.7. The number of benzene rings is 2. The molecule has 0 unspecified atom stereocenters. The van der Waals surface area contributed by atoms with Crippen molar-refractivity contribution in [2.24, 2.45) is 0 Å². The number of nitriles is 1. The van der Waals surface area contributed by atoms with E-state index in [4.69, 9.17) is 10.00 Å². The number of alkyl carbamates (subject to hydrolysis) is 1. The van der Waals surface area contributed by atoms with Crippen LogP contribution in [0, 0.1) is 11.3 Å². The lowest BCUT2D eigenvalue weighted by atomic mass is 10.1. The summed E-state index contributed by atoms with van der Waals surface area (Å²) in [6.07, 6.45) is -0.333. The number of rotatable bonds is 5. The molecule has 2 aromatic rings. The van der Waals surface area contributed by atoms with Gasteiger partial charge in [-0.15, -0.1) is 0 Å². The Kier molecular flexibility index (Phi) is 6.56. The number of nitrogens with one attached hydrogen (secondary N) is 2. The molecule has 0 aromatic heterocycles. The van der Waals surface area contributed by atoms with E-state index in [-0.39, 0.29) is 5.91 Å². The third kappa shape index (κ3) is 6.83. The minimum Gasteiger partial charge on any atom is -0.444 e. The molecule has 0 spiro atoms. The molecule has 2 rings (SSSR count). The SMILES string of the molecule is CC(C)(C)OC(=O)N[C@@H](Cc1ccccc1)C(=O)Nc1ccc(C#N)cc1. The molecular weight excluding hydrogens is 342 g/mol. The molecule has 0 aliphatic rings. The average molecular weight is 365 g/mol. The van der Waals surface area contributed by atoms with Crippen LogP contribution in [-0.4, -0.2) is 23.6 Å². The Bertz CT molecular complexity index is 818. The molecule has 6 heteroatoms. The van der Waals surface area contributed by atoms with Crippen molar-refractivity contribution in [2.45, 2.75) is 38.8 Å². The molecule has 6 nitrogen and oxygen atoms in total. The Balaban J connectivity index is 2.12. The Morgan fingerprint density at radius 2 is 1.70 bits per heavy atom. The first kappa shape index (κ1) is 20.0. The molecule has 0 fully saturated rings. The maximum atomic E-state index is 12.7. The molecule has 0 heterocycles. The van der Waals surface area contributed by atoms with E-state index in [0.717, 1.165) is 5.56 Å². The van der Waals surface area contributed by atoms with Gasteiger partial charge in [0.05, 0.1) is 11.6 Å². The number of amides is 2. The quantitative estimate of drug-likeness (QED) is 0.846. The van der Waals surface area contributed by atoms with Gasteiger partial charge in [0.15, 0.2) is 0 Å². The monoisotopic (exact) mass is 365 g/mol. The van der Waals surface area contributed by atoms with Gasteiger partial charge in [-0.3, -0.25) is 4.79 Å². The zero-order valence-corrected chi connectivity index (χ0v) is 15.7. The summed E-state index contributed by atoms with van der Waals surface area (Å²) in [6.45, 7) is 5.28. The van der Waals surface area contributed by atoms with Crippen molar-refractivity contribution in [3.8, 4) is 6.07 Å². The number of ether oxygens (including phenoxy) is 1. The summed E-state index contributed by atoms with van der Waals surface area (Å²) >= 11 is 0. The first-order valence-corrected chi connectivity index (χ1v) is 8.61. The summed E-state index contributed by atoms with van der Waals surface area (Å²) in [5.74, 6) is -0.366. The van der Waals surface area contributed by atoms with Crippen LogP contribution in [0.2, 0.25) is 0 Å². The molecule has 2 N–H and O–H groups in total. The second-order valence-corrected chi connectivity index (χ2v) is 7.07. The van der Waals surface area contributed by atoms with Gasteiger partial charge in [0.1, 0.15) is 11.6 Å². The van der Waals surface area contributed by atoms with E-state index in [1.807, 2.05) is 36.4 Å². The van der Waals surface area contributed by atoms with Gasteiger partial charge in [0, 0.05) is 12.1 Å². The molecule has 0 radical (unpaired) electrons. The summed E-state index contributed by atoms with van der Waals surface area (Å²) in [5.41, 5.74) is 1.29. The van der Waals surface area contributed by atoms with Crippen molar-refractivity contribution in [2.75, 3.05) is 5.32 Å². The Hall–Kier alpha value is -3.33. The van der Waals surface area contributed by atoms with E-state index in [0.29, 0.717) is 17.7 Å². The molecular formula is C21H23N3O3. The summed E-state index contributed by atoms with van der Waals surface area (Å²) in [6, 6.07) is 17.1. The fourth-order valence-electron chi connectivity index (χ4n) is 2.37. The van der Waals surface area contributed by atoms with Gasteiger partial charge in [0.25, 0.3) is 0 Å². The number of anilines is 1. The molecule has 2 amide bonds. The lowest BCUT2D eigenvalue weighted by molar-refractivity contribution is -0.118.